The van der Waals surface area contributed by atoms with Gasteiger partial charge in [-0.25, -0.2) is 0 Å². The zero-order valence-electron chi connectivity index (χ0n) is 11.0. The van der Waals surface area contributed by atoms with Crippen LogP contribution >= 0.6 is 0 Å². The van der Waals surface area contributed by atoms with Gasteiger partial charge < -0.3 is 14.8 Å². The van der Waals surface area contributed by atoms with Gasteiger partial charge in [0.25, 0.3) is 0 Å². The van der Waals surface area contributed by atoms with Crippen molar-refractivity contribution in [2.24, 2.45) is 0 Å². The normalized spacial score (nSPS) is 10.5. The summed E-state index contributed by atoms with van der Waals surface area (Å²) in [5.74, 6) is 0.509. The molecule has 2 aromatic rings. The molecule has 0 atom stereocenters. The van der Waals surface area contributed by atoms with E-state index in [4.69, 9.17) is 4.74 Å². The van der Waals surface area contributed by atoms with Gasteiger partial charge >= 0.3 is 7.12 Å². The first-order valence-electron chi connectivity index (χ1n) is 6.24. The Balaban J connectivity index is 2.37. The summed E-state index contributed by atoms with van der Waals surface area (Å²) in [4.78, 5) is 0. The third-order valence-corrected chi connectivity index (χ3v) is 2.98. The van der Waals surface area contributed by atoms with Gasteiger partial charge in [0.15, 0.2) is 0 Å². The van der Waals surface area contributed by atoms with Crippen molar-refractivity contribution in [3.8, 4) is 5.75 Å². The van der Waals surface area contributed by atoms with Crippen LogP contribution in [0.4, 0.5) is 0 Å². The van der Waals surface area contributed by atoms with E-state index >= 15 is 0 Å². The van der Waals surface area contributed by atoms with E-state index in [0.29, 0.717) is 17.8 Å². The number of rotatable bonds is 5. The summed E-state index contributed by atoms with van der Waals surface area (Å²) < 4.78 is 5.64. The molecule has 2 aromatic carbocycles. The topological polar surface area (TPSA) is 49.7 Å². The van der Waals surface area contributed by atoms with Gasteiger partial charge in [0.1, 0.15) is 5.75 Å². The zero-order valence-corrected chi connectivity index (χ0v) is 11.0. The van der Waals surface area contributed by atoms with Crippen LogP contribution in [0.15, 0.2) is 48.6 Å². The van der Waals surface area contributed by atoms with E-state index in [9.17, 15) is 10.0 Å². The van der Waals surface area contributed by atoms with Gasteiger partial charge in [-0.2, -0.15) is 0 Å². The van der Waals surface area contributed by atoms with Crippen LogP contribution in [-0.2, 0) is 0 Å². The summed E-state index contributed by atoms with van der Waals surface area (Å²) in [6.07, 6.45) is 0.744. The summed E-state index contributed by atoms with van der Waals surface area (Å²) in [6.45, 7) is 6.23. The van der Waals surface area contributed by atoms with Crippen molar-refractivity contribution in [3.63, 3.8) is 0 Å². The third-order valence-electron chi connectivity index (χ3n) is 2.98. The predicted octanol–water partition coefficient (Wildman–Crippen LogP) is 1.86. The molecular weight excluding hydrogens is 239 g/mol. The van der Waals surface area contributed by atoms with Crippen molar-refractivity contribution in [3.05, 3.63) is 48.6 Å². The first-order chi connectivity index (χ1) is 9.09. The van der Waals surface area contributed by atoms with Gasteiger partial charge in [0, 0.05) is 11.9 Å². The maximum Gasteiger partial charge on any atom is 0.492 e. The van der Waals surface area contributed by atoms with Crippen molar-refractivity contribution in [1.29, 1.82) is 0 Å². The molecule has 0 heterocycles. The zero-order chi connectivity index (χ0) is 13.8. The molecule has 0 bridgehead atoms. The van der Waals surface area contributed by atoms with E-state index in [-0.39, 0.29) is 0 Å². The first kappa shape index (κ1) is 13.7. The van der Waals surface area contributed by atoms with Crippen LogP contribution in [0.3, 0.4) is 0 Å². The fraction of sp³-hybridized carbons (Fsp3) is 0.200. The van der Waals surface area contributed by atoms with Crippen LogP contribution in [-0.4, -0.2) is 23.8 Å². The van der Waals surface area contributed by atoms with Crippen molar-refractivity contribution < 1.29 is 14.8 Å². The van der Waals surface area contributed by atoms with Gasteiger partial charge in [-0.1, -0.05) is 35.9 Å². The molecule has 0 spiro atoms. The first-order valence-corrected chi connectivity index (χ1v) is 6.24. The minimum atomic E-state index is -1.55. The molecule has 0 saturated carbocycles. The van der Waals surface area contributed by atoms with Crippen molar-refractivity contribution in [2.45, 2.75) is 13.3 Å². The molecule has 0 aliphatic carbocycles. The van der Waals surface area contributed by atoms with Crippen LogP contribution in [0, 0.1) is 0 Å². The SMILES string of the molecule is C=C(C)CCOc1ccc2ccccc2c1B(O)O. The van der Waals surface area contributed by atoms with Crippen LogP contribution in [0.5, 0.6) is 5.75 Å². The predicted molar refractivity (Wildman–Crippen MR) is 78.7 cm³/mol. The number of benzene rings is 2. The molecule has 0 saturated heterocycles. The van der Waals surface area contributed by atoms with Crippen molar-refractivity contribution in [1.82, 2.24) is 0 Å². The molecule has 0 aromatic heterocycles. The molecule has 0 fully saturated rings. The fourth-order valence-corrected chi connectivity index (χ4v) is 2.00. The van der Waals surface area contributed by atoms with E-state index < -0.39 is 7.12 Å². The quantitative estimate of drug-likeness (QED) is 0.634. The van der Waals surface area contributed by atoms with Crippen LogP contribution in [0.2, 0.25) is 0 Å². The lowest BCUT2D eigenvalue weighted by atomic mass is 9.76. The molecule has 0 aliphatic rings. The molecule has 4 heteroatoms. The van der Waals surface area contributed by atoms with Gasteiger partial charge in [0.05, 0.1) is 6.61 Å². The van der Waals surface area contributed by atoms with Gasteiger partial charge in [0.2, 0.25) is 0 Å². The molecule has 19 heavy (non-hydrogen) atoms. The van der Waals surface area contributed by atoms with Gasteiger partial charge in [-0.05, 0) is 23.8 Å². The van der Waals surface area contributed by atoms with E-state index in [0.717, 1.165) is 22.8 Å². The van der Waals surface area contributed by atoms with Gasteiger partial charge in [-0.3, -0.25) is 0 Å². The number of ether oxygens (including phenoxy) is 1. The molecular formula is C15H17BO3. The second kappa shape index (κ2) is 5.91. The Morgan fingerprint density at radius 3 is 2.63 bits per heavy atom. The number of fused-ring (bicyclic) bond motifs is 1. The lowest BCUT2D eigenvalue weighted by Gasteiger charge is -2.13. The Bertz CT molecular complexity index is 593. The van der Waals surface area contributed by atoms with Crippen molar-refractivity contribution >= 4 is 23.4 Å². The summed E-state index contributed by atoms with van der Waals surface area (Å²) in [5, 5.41) is 20.9. The average Bonchev–Trinajstić information content (AvgIpc) is 2.37. The monoisotopic (exact) mass is 256 g/mol. The van der Waals surface area contributed by atoms with E-state index in [1.165, 1.54) is 0 Å². The smallest absolute Gasteiger partial charge is 0.492 e. The second-order valence-corrected chi connectivity index (χ2v) is 4.63. The highest BCUT2D eigenvalue weighted by atomic mass is 16.5. The molecule has 0 amide bonds. The number of hydrogen-bond donors (Lipinski definition) is 2. The summed E-state index contributed by atoms with van der Waals surface area (Å²) in [5.41, 5.74) is 1.45. The molecule has 98 valence electrons. The molecule has 0 unspecified atom stereocenters. The van der Waals surface area contributed by atoms with E-state index in [2.05, 4.69) is 6.58 Å². The highest BCUT2D eigenvalue weighted by molar-refractivity contribution is 6.63. The minimum absolute atomic E-state index is 0.416. The summed E-state index contributed by atoms with van der Waals surface area (Å²) >= 11 is 0. The average molecular weight is 256 g/mol. The Labute approximate surface area is 113 Å². The maximum atomic E-state index is 9.57. The Hall–Kier alpha value is -1.78. The lowest BCUT2D eigenvalue weighted by Crippen LogP contribution is -2.32. The second-order valence-electron chi connectivity index (χ2n) is 4.63. The van der Waals surface area contributed by atoms with Gasteiger partial charge in [-0.15, -0.1) is 6.58 Å². The summed E-state index contributed by atoms with van der Waals surface area (Å²) in [6, 6.07) is 11.3. The van der Waals surface area contributed by atoms with Crippen LogP contribution in [0.1, 0.15) is 13.3 Å². The highest BCUT2D eigenvalue weighted by Gasteiger charge is 2.20. The molecule has 0 radical (unpaired) electrons. The Morgan fingerprint density at radius 1 is 1.21 bits per heavy atom. The van der Waals surface area contributed by atoms with Crippen LogP contribution < -0.4 is 10.2 Å². The molecule has 2 rings (SSSR count). The molecule has 2 N–H and O–H groups in total. The largest absolute Gasteiger partial charge is 0.494 e. The van der Waals surface area contributed by atoms with Crippen LogP contribution in [0.25, 0.3) is 10.8 Å². The number of hydrogen-bond acceptors (Lipinski definition) is 3. The van der Waals surface area contributed by atoms with Crippen molar-refractivity contribution in [2.75, 3.05) is 6.61 Å². The Kier molecular flexibility index (Phi) is 4.25. The van der Waals surface area contributed by atoms with E-state index in [1.807, 2.05) is 37.3 Å². The van der Waals surface area contributed by atoms with E-state index in [1.54, 1.807) is 6.07 Å². The molecule has 0 aliphatic heterocycles. The lowest BCUT2D eigenvalue weighted by molar-refractivity contribution is 0.322. The fourth-order valence-electron chi connectivity index (χ4n) is 2.00. The Morgan fingerprint density at radius 2 is 1.95 bits per heavy atom. The highest BCUT2D eigenvalue weighted by Crippen LogP contribution is 2.19. The maximum absolute atomic E-state index is 9.57. The third kappa shape index (κ3) is 3.16. The minimum Gasteiger partial charge on any atom is -0.494 e. The summed E-state index contributed by atoms with van der Waals surface area (Å²) in [7, 11) is -1.55. The standard InChI is InChI=1S/C15H17BO3/c1-11(2)9-10-19-14-8-7-12-5-3-4-6-13(12)15(14)16(17)18/h3-8,17-18H,1,9-10H2,2H3. The molecule has 3 nitrogen and oxygen atoms in total.